The first-order valence-corrected chi connectivity index (χ1v) is 11.2. The molecule has 4 N–H and O–H groups in total. The summed E-state index contributed by atoms with van der Waals surface area (Å²) in [6.45, 7) is 2.75. The summed E-state index contributed by atoms with van der Waals surface area (Å²) in [7, 11) is 0. The maximum absolute atomic E-state index is 12.5. The SMILES string of the molecule is CCNc1nc(SCC(=O)Nc2sc3c(c2C(N)=O)CCC3)nc2ccccc12. The Morgan fingerprint density at radius 1 is 1.24 bits per heavy atom. The summed E-state index contributed by atoms with van der Waals surface area (Å²) < 4.78 is 0. The molecular formula is C20H21N5O2S2. The fourth-order valence-corrected chi connectivity index (χ4v) is 5.43. The largest absolute Gasteiger partial charge is 0.370 e. The Morgan fingerprint density at radius 2 is 2.07 bits per heavy atom. The molecule has 1 aromatic carbocycles. The number of fused-ring (bicyclic) bond motifs is 2. The van der Waals surface area contributed by atoms with E-state index < -0.39 is 5.91 Å². The van der Waals surface area contributed by atoms with Crippen LogP contribution in [0.1, 0.15) is 34.1 Å². The van der Waals surface area contributed by atoms with Crippen LogP contribution in [-0.2, 0) is 17.6 Å². The number of anilines is 2. The van der Waals surface area contributed by atoms with E-state index in [-0.39, 0.29) is 11.7 Å². The number of carbonyl (C=O) groups excluding carboxylic acids is 2. The van der Waals surface area contributed by atoms with Crippen molar-refractivity contribution in [1.82, 2.24) is 9.97 Å². The molecule has 150 valence electrons. The summed E-state index contributed by atoms with van der Waals surface area (Å²) in [5, 5.41) is 8.13. The van der Waals surface area contributed by atoms with Gasteiger partial charge >= 0.3 is 0 Å². The first-order chi connectivity index (χ1) is 14.1. The van der Waals surface area contributed by atoms with Crippen LogP contribution >= 0.6 is 23.1 Å². The van der Waals surface area contributed by atoms with E-state index in [1.807, 2.05) is 31.2 Å². The smallest absolute Gasteiger partial charge is 0.251 e. The molecule has 0 unspecified atom stereocenters. The lowest BCUT2D eigenvalue weighted by Gasteiger charge is -2.09. The Balaban J connectivity index is 1.49. The van der Waals surface area contributed by atoms with E-state index in [9.17, 15) is 9.59 Å². The van der Waals surface area contributed by atoms with Crippen molar-refractivity contribution in [1.29, 1.82) is 0 Å². The van der Waals surface area contributed by atoms with Crippen LogP contribution < -0.4 is 16.4 Å². The minimum absolute atomic E-state index is 0.144. The maximum atomic E-state index is 12.5. The summed E-state index contributed by atoms with van der Waals surface area (Å²) >= 11 is 2.72. The van der Waals surface area contributed by atoms with Gasteiger partial charge in [-0.2, -0.15) is 0 Å². The number of nitrogens with one attached hydrogen (secondary N) is 2. The highest BCUT2D eigenvalue weighted by molar-refractivity contribution is 7.99. The number of aromatic nitrogens is 2. The van der Waals surface area contributed by atoms with Crippen molar-refractivity contribution in [2.45, 2.75) is 31.3 Å². The Labute approximate surface area is 176 Å². The molecular weight excluding hydrogens is 406 g/mol. The number of aryl methyl sites for hydroxylation is 1. The van der Waals surface area contributed by atoms with Crippen molar-refractivity contribution in [3.63, 3.8) is 0 Å². The molecule has 0 saturated heterocycles. The van der Waals surface area contributed by atoms with Crippen LogP contribution in [0.3, 0.4) is 0 Å². The van der Waals surface area contributed by atoms with Gasteiger partial charge in [0.2, 0.25) is 5.91 Å². The standard InChI is InChI=1S/C20H21N5O2S2/c1-2-22-18-11-6-3-4-8-13(11)23-20(25-18)28-10-15(26)24-19-16(17(21)27)12-7-5-9-14(12)29-19/h3-4,6,8H,2,5,7,9-10H2,1H3,(H2,21,27)(H,24,26)(H,22,23,25). The second-order valence-corrected chi connectivity index (χ2v) is 8.71. The number of nitrogens with zero attached hydrogens (tertiary/aromatic N) is 2. The van der Waals surface area contributed by atoms with Crippen LogP contribution in [0.2, 0.25) is 0 Å². The highest BCUT2D eigenvalue weighted by Crippen LogP contribution is 2.39. The van der Waals surface area contributed by atoms with Crippen molar-refractivity contribution < 1.29 is 9.59 Å². The predicted octanol–water partition coefficient (Wildman–Crippen LogP) is 3.44. The Kier molecular flexibility index (Phi) is 5.68. The Bertz CT molecular complexity index is 1100. The van der Waals surface area contributed by atoms with Crippen molar-refractivity contribution in [3.05, 3.63) is 40.3 Å². The molecule has 9 heteroatoms. The number of hydrogen-bond acceptors (Lipinski definition) is 7. The monoisotopic (exact) mass is 427 g/mol. The van der Waals surface area contributed by atoms with Gasteiger partial charge in [0, 0.05) is 16.8 Å². The van der Waals surface area contributed by atoms with E-state index in [4.69, 9.17) is 5.73 Å². The van der Waals surface area contributed by atoms with Gasteiger partial charge in [-0.05, 0) is 43.9 Å². The molecule has 0 spiro atoms. The van der Waals surface area contributed by atoms with Gasteiger partial charge in [0.15, 0.2) is 5.16 Å². The van der Waals surface area contributed by atoms with Gasteiger partial charge in [0.05, 0.1) is 16.8 Å². The fourth-order valence-electron chi connectivity index (χ4n) is 3.47. The van der Waals surface area contributed by atoms with E-state index in [1.54, 1.807) is 0 Å². The molecule has 2 amide bonds. The third kappa shape index (κ3) is 4.06. The highest BCUT2D eigenvalue weighted by Gasteiger charge is 2.26. The zero-order valence-electron chi connectivity index (χ0n) is 15.9. The number of para-hydroxylation sites is 1. The van der Waals surface area contributed by atoms with E-state index in [0.29, 0.717) is 15.7 Å². The van der Waals surface area contributed by atoms with Crippen LogP contribution in [0.4, 0.5) is 10.8 Å². The lowest BCUT2D eigenvalue weighted by atomic mass is 10.1. The average molecular weight is 428 g/mol. The third-order valence-corrected chi connectivity index (χ3v) is 6.73. The van der Waals surface area contributed by atoms with Crippen LogP contribution in [-0.4, -0.2) is 34.1 Å². The van der Waals surface area contributed by atoms with E-state index in [2.05, 4.69) is 20.6 Å². The van der Waals surface area contributed by atoms with Gasteiger partial charge in [0.25, 0.3) is 5.91 Å². The molecule has 0 fully saturated rings. The van der Waals surface area contributed by atoms with Crippen LogP contribution in [0, 0.1) is 0 Å². The molecule has 1 aliphatic carbocycles. The zero-order valence-corrected chi connectivity index (χ0v) is 17.6. The van der Waals surface area contributed by atoms with E-state index >= 15 is 0 Å². The number of nitrogens with two attached hydrogens (primary N) is 1. The van der Waals surface area contributed by atoms with Crippen molar-refractivity contribution in [2.75, 3.05) is 22.9 Å². The van der Waals surface area contributed by atoms with Gasteiger partial charge in [-0.15, -0.1) is 11.3 Å². The number of benzene rings is 1. The molecule has 2 aromatic heterocycles. The molecule has 4 rings (SSSR count). The molecule has 7 nitrogen and oxygen atoms in total. The molecule has 3 aromatic rings. The Hall–Kier alpha value is -2.65. The molecule has 29 heavy (non-hydrogen) atoms. The first-order valence-electron chi connectivity index (χ1n) is 9.44. The lowest BCUT2D eigenvalue weighted by Crippen LogP contribution is -2.19. The summed E-state index contributed by atoms with van der Waals surface area (Å²) in [5.74, 6) is 0.205. The number of primary amides is 1. The molecule has 0 atom stereocenters. The second-order valence-electron chi connectivity index (χ2n) is 6.66. The number of thiophene rings is 1. The maximum Gasteiger partial charge on any atom is 0.251 e. The van der Waals surface area contributed by atoms with Gasteiger partial charge in [-0.25, -0.2) is 9.97 Å². The van der Waals surface area contributed by atoms with Gasteiger partial charge in [0.1, 0.15) is 10.8 Å². The number of rotatable bonds is 7. The average Bonchev–Trinajstić information content (AvgIpc) is 3.27. The van der Waals surface area contributed by atoms with Crippen LogP contribution in [0.15, 0.2) is 29.4 Å². The van der Waals surface area contributed by atoms with Crippen molar-refractivity contribution in [2.24, 2.45) is 5.73 Å². The summed E-state index contributed by atoms with van der Waals surface area (Å²) in [5.41, 5.74) is 7.85. The van der Waals surface area contributed by atoms with Crippen LogP contribution in [0.25, 0.3) is 10.9 Å². The van der Waals surface area contributed by atoms with E-state index in [1.165, 1.54) is 23.1 Å². The quantitative estimate of drug-likeness (QED) is 0.394. The molecule has 0 saturated carbocycles. The number of carbonyl (C=O) groups is 2. The minimum Gasteiger partial charge on any atom is -0.370 e. The lowest BCUT2D eigenvalue weighted by molar-refractivity contribution is -0.113. The molecule has 1 aliphatic rings. The molecule has 2 heterocycles. The number of amides is 2. The number of hydrogen-bond donors (Lipinski definition) is 3. The normalized spacial score (nSPS) is 12.7. The second kappa shape index (κ2) is 8.38. The van der Waals surface area contributed by atoms with Crippen molar-refractivity contribution in [3.8, 4) is 0 Å². The summed E-state index contributed by atoms with van der Waals surface area (Å²) in [6.07, 6.45) is 2.80. The predicted molar refractivity (Wildman–Crippen MR) is 118 cm³/mol. The van der Waals surface area contributed by atoms with Crippen LogP contribution in [0.5, 0.6) is 0 Å². The number of thioether (sulfide) groups is 1. The third-order valence-electron chi connectivity index (χ3n) is 4.68. The topological polar surface area (TPSA) is 110 Å². The van der Waals surface area contributed by atoms with Gasteiger partial charge in [-0.3, -0.25) is 9.59 Å². The minimum atomic E-state index is -0.486. The van der Waals surface area contributed by atoms with Gasteiger partial charge < -0.3 is 16.4 Å². The molecule has 0 bridgehead atoms. The highest BCUT2D eigenvalue weighted by atomic mass is 32.2. The Morgan fingerprint density at radius 3 is 2.86 bits per heavy atom. The zero-order chi connectivity index (χ0) is 20.4. The molecule has 0 aliphatic heterocycles. The van der Waals surface area contributed by atoms with E-state index in [0.717, 1.165) is 53.0 Å². The first kappa shape index (κ1) is 19.7. The van der Waals surface area contributed by atoms with Gasteiger partial charge in [-0.1, -0.05) is 23.9 Å². The fraction of sp³-hybridized carbons (Fsp3) is 0.300. The summed E-state index contributed by atoms with van der Waals surface area (Å²) in [6, 6.07) is 7.76. The molecule has 0 radical (unpaired) electrons. The summed E-state index contributed by atoms with van der Waals surface area (Å²) in [4.78, 5) is 34.6. The van der Waals surface area contributed by atoms with Crippen molar-refractivity contribution >= 4 is 56.6 Å².